The van der Waals surface area contributed by atoms with Crippen LogP contribution in [-0.2, 0) is 13.0 Å². The number of nitrogens with zero attached hydrogens (tertiary/aromatic N) is 1. The van der Waals surface area contributed by atoms with Crippen molar-refractivity contribution in [3.05, 3.63) is 58.3 Å². The standard InChI is InChI=1S/C15H18N2OS/c1-17(10-9-14-8-5-11-19-14)15(18)16-12-13-6-3-2-4-7-13/h2-8,11H,9-10,12H2,1H3,(H,16,18). The number of likely N-dealkylation sites (N-methyl/N-ethyl adjacent to an activating group) is 1. The van der Waals surface area contributed by atoms with Gasteiger partial charge < -0.3 is 10.2 Å². The first-order valence-electron chi connectivity index (χ1n) is 6.31. The molecular weight excluding hydrogens is 256 g/mol. The fraction of sp³-hybridized carbons (Fsp3) is 0.267. The molecule has 0 unspecified atom stereocenters. The van der Waals surface area contributed by atoms with Gasteiger partial charge in [0.15, 0.2) is 0 Å². The Morgan fingerprint density at radius 1 is 1.21 bits per heavy atom. The van der Waals surface area contributed by atoms with Gasteiger partial charge in [-0.2, -0.15) is 0 Å². The Bertz CT molecular complexity index is 496. The molecule has 0 aliphatic carbocycles. The van der Waals surface area contributed by atoms with Gasteiger partial charge in [-0.1, -0.05) is 36.4 Å². The van der Waals surface area contributed by atoms with E-state index >= 15 is 0 Å². The SMILES string of the molecule is CN(CCc1cccs1)C(=O)NCc1ccccc1. The Kier molecular flexibility index (Phi) is 4.98. The molecule has 2 aromatic rings. The maximum Gasteiger partial charge on any atom is 0.317 e. The Hall–Kier alpha value is -1.81. The number of hydrogen-bond donors (Lipinski definition) is 1. The maximum atomic E-state index is 11.9. The van der Waals surface area contributed by atoms with Crippen molar-refractivity contribution in [1.29, 1.82) is 0 Å². The van der Waals surface area contributed by atoms with Crippen molar-refractivity contribution in [2.24, 2.45) is 0 Å². The minimum Gasteiger partial charge on any atom is -0.334 e. The number of carbonyl (C=O) groups excluding carboxylic acids is 1. The first-order chi connectivity index (χ1) is 9.25. The molecule has 1 N–H and O–H groups in total. The summed E-state index contributed by atoms with van der Waals surface area (Å²) in [4.78, 5) is 14.9. The third kappa shape index (κ3) is 4.41. The van der Waals surface area contributed by atoms with Gasteiger partial charge in [-0.3, -0.25) is 0 Å². The second-order valence-corrected chi connectivity index (χ2v) is 5.43. The van der Waals surface area contributed by atoms with Gasteiger partial charge in [0.2, 0.25) is 0 Å². The van der Waals surface area contributed by atoms with E-state index in [9.17, 15) is 4.79 Å². The number of thiophene rings is 1. The smallest absolute Gasteiger partial charge is 0.317 e. The third-order valence-electron chi connectivity index (χ3n) is 2.91. The summed E-state index contributed by atoms with van der Waals surface area (Å²) >= 11 is 1.73. The van der Waals surface area contributed by atoms with Crippen LogP contribution in [0.4, 0.5) is 4.79 Å². The number of benzene rings is 1. The molecule has 0 saturated carbocycles. The molecule has 0 aliphatic heterocycles. The van der Waals surface area contributed by atoms with Gasteiger partial charge in [0.05, 0.1) is 0 Å². The van der Waals surface area contributed by atoms with Crippen LogP contribution in [0.15, 0.2) is 47.8 Å². The average molecular weight is 274 g/mol. The number of urea groups is 1. The first-order valence-corrected chi connectivity index (χ1v) is 7.19. The number of nitrogens with one attached hydrogen (secondary N) is 1. The van der Waals surface area contributed by atoms with Crippen LogP contribution in [0, 0.1) is 0 Å². The largest absolute Gasteiger partial charge is 0.334 e. The van der Waals surface area contributed by atoms with Crippen LogP contribution >= 0.6 is 11.3 Å². The summed E-state index contributed by atoms with van der Waals surface area (Å²) in [7, 11) is 1.83. The molecule has 1 aromatic heterocycles. The van der Waals surface area contributed by atoms with Crippen LogP contribution in [0.1, 0.15) is 10.4 Å². The molecule has 0 radical (unpaired) electrons. The van der Waals surface area contributed by atoms with Crippen LogP contribution < -0.4 is 5.32 Å². The fourth-order valence-corrected chi connectivity index (χ4v) is 2.44. The van der Waals surface area contributed by atoms with Gasteiger partial charge in [0, 0.05) is 25.0 Å². The summed E-state index contributed by atoms with van der Waals surface area (Å²) in [6.07, 6.45) is 0.910. The molecule has 2 rings (SSSR count). The van der Waals surface area contributed by atoms with Crippen molar-refractivity contribution >= 4 is 17.4 Å². The molecule has 1 aromatic carbocycles. The van der Waals surface area contributed by atoms with Gasteiger partial charge in [0.25, 0.3) is 0 Å². The third-order valence-corrected chi connectivity index (χ3v) is 3.84. The predicted octanol–water partition coefficient (Wildman–Crippen LogP) is 3.13. The van der Waals surface area contributed by atoms with Crippen molar-refractivity contribution in [3.63, 3.8) is 0 Å². The lowest BCUT2D eigenvalue weighted by Gasteiger charge is -2.17. The molecule has 1 heterocycles. The molecule has 0 aliphatic rings. The molecule has 0 spiro atoms. The minimum absolute atomic E-state index is 0.0274. The van der Waals surface area contributed by atoms with Gasteiger partial charge in [-0.25, -0.2) is 4.79 Å². The second-order valence-electron chi connectivity index (χ2n) is 4.40. The van der Waals surface area contributed by atoms with E-state index in [4.69, 9.17) is 0 Å². The zero-order chi connectivity index (χ0) is 13.5. The summed E-state index contributed by atoms with van der Waals surface area (Å²) < 4.78 is 0. The van der Waals surface area contributed by atoms with E-state index in [0.29, 0.717) is 6.54 Å². The summed E-state index contributed by atoms with van der Waals surface area (Å²) in [5.41, 5.74) is 1.11. The lowest BCUT2D eigenvalue weighted by Crippen LogP contribution is -2.37. The maximum absolute atomic E-state index is 11.9. The highest BCUT2D eigenvalue weighted by molar-refractivity contribution is 7.09. The van der Waals surface area contributed by atoms with Crippen molar-refractivity contribution in [2.75, 3.05) is 13.6 Å². The number of carbonyl (C=O) groups is 1. The van der Waals surface area contributed by atoms with E-state index in [0.717, 1.165) is 18.5 Å². The van der Waals surface area contributed by atoms with Crippen molar-refractivity contribution < 1.29 is 4.79 Å². The van der Waals surface area contributed by atoms with Crippen molar-refractivity contribution in [3.8, 4) is 0 Å². The summed E-state index contributed by atoms with van der Waals surface area (Å²) in [5, 5.41) is 4.98. The Morgan fingerprint density at radius 3 is 2.68 bits per heavy atom. The number of rotatable bonds is 5. The molecule has 0 bridgehead atoms. The normalized spacial score (nSPS) is 10.2. The number of amides is 2. The molecule has 0 fully saturated rings. The molecule has 2 amide bonds. The Morgan fingerprint density at radius 2 is 2.00 bits per heavy atom. The van der Waals surface area contributed by atoms with E-state index in [2.05, 4.69) is 16.8 Å². The highest BCUT2D eigenvalue weighted by atomic mass is 32.1. The summed E-state index contributed by atoms with van der Waals surface area (Å²) in [6.45, 7) is 1.31. The van der Waals surface area contributed by atoms with E-state index in [1.165, 1.54) is 4.88 Å². The minimum atomic E-state index is -0.0274. The highest BCUT2D eigenvalue weighted by Gasteiger charge is 2.07. The summed E-state index contributed by atoms with van der Waals surface area (Å²) in [6, 6.07) is 14.0. The average Bonchev–Trinajstić information content (AvgIpc) is 2.96. The number of hydrogen-bond acceptors (Lipinski definition) is 2. The molecule has 4 heteroatoms. The van der Waals surface area contributed by atoms with E-state index in [-0.39, 0.29) is 6.03 Å². The van der Waals surface area contributed by atoms with Gasteiger partial charge in [-0.15, -0.1) is 11.3 Å². The molecule has 0 atom stereocenters. The Labute approximate surface area is 117 Å². The zero-order valence-corrected chi connectivity index (χ0v) is 11.8. The predicted molar refractivity (Wildman–Crippen MR) is 79.3 cm³/mol. The summed E-state index contributed by atoms with van der Waals surface area (Å²) in [5.74, 6) is 0. The van der Waals surface area contributed by atoms with Crippen LogP contribution in [0.25, 0.3) is 0 Å². The van der Waals surface area contributed by atoms with E-state index < -0.39 is 0 Å². The zero-order valence-electron chi connectivity index (χ0n) is 11.0. The fourth-order valence-electron chi connectivity index (χ4n) is 1.74. The van der Waals surface area contributed by atoms with Crippen molar-refractivity contribution in [1.82, 2.24) is 10.2 Å². The second kappa shape index (κ2) is 6.95. The van der Waals surface area contributed by atoms with E-state index in [1.807, 2.05) is 43.4 Å². The van der Waals surface area contributed by atoms with E-state index in [1.54, 1.807) is 16.2 Å². The monoisotopic (exact) mass is 274 g/mol. The molecule has 0 saturated heterocycles. The lowest BCUT2D eigenvalue weighted by molar-refractivity contribution is 0.209. The quantitative estimate of drug-likeness (QED) is 0.892. The van der Waals surface area contributed by atoms with Crippen molar-refractivity contribution in [2.45, 2.75) is 13.0 Å². The lowest BCUT2D eigenvalue weighted by atomic mass is 10.2. The Balaban J connectivity index is 1.73. The molecule has 100 valence electrons. The van der Waals surface area contributed by atoms with Gasteiger partial charge >= 0.3 is 6.03 Å². The topological polar surface area (TPSA) is 32.3 Å². The van der Waals surface area contributed by atoms with Crippen LogP contribution in [0.3, 0.4) is 0 Å². The van der Waals surface area contributed by atoms with Gasteiger partial charge in [0.1, 0.15) is 0 Å². The molecule has 19 heavy (non-hydrogen) atoms. The van der Waals surface area contributed by atoms with Crippen LogP contribution in [-0.4, -0.2) is 24.5 Å². The molecular formula is C15H18N2OS. The first kappa shape index (κ1) is 13.6. The van der Waals surface area contributed by atoms with Gasteiger partial charge in [-0.05, 0) is 23.4 Å². The van der Waals surface area contributed by atoms with Crippen LogP contribution in [0.2, 0.25) is 0 Å². The molecule has 3 nitrogen and oxygen atoms in total. The highest BCUT2D eigenvalue weighted by Crippen LogP contribution is 2.09. The van der Waals surface area contributed by atoms with Crippen LogP contribution in [0.5, 0.6) is 0 Å².